The first-order chi connectivity index (χ1) is 7.20. The van der Waals surface area contributed by atoms with E-state index in [0.29, 0.717) is 10.6 Å². The standard InChI is InChI=1S/C11H7FN2S/c12-7-1-3-9(10(14)5-7)11-4-2-8(6-13)15-11/h1-5H,14H2. The molecule has 0 spiro atoms. The molecule has 0 atom stereocenters. The van der Waals surface area contributed by atoms with Crippen LogP contribution < -0.4 is 5.73 Å². The molecule has 0 saturated carbocycles. The Morgan fingerprint density at radius 1 is 1.27 bits per heavy atom. The van der Waals surface area contributed by atoms with Gasteiger partial charge in [-0.15, -0.1) is 11.3 Å². The predicted octanol–water partition coefficient (Wildman–Crippen LogP) is 3.01. The quantitative estimate of drug-likeness (QED) is 0.748. The Labute approximate surface area is 90.4 Å². The summed E-state index contributed by atoms with van der Waals surface area (Å²) in [5, 5.41) is 8.68. The van der Waals surface area contributed by atoms with Crippen molar-refractivity contribution >= 4 is 17.0 Å². The van der Waals surface area contributed by atoms with Crippen molar-refractivity contribution in [2.75, 3.05) is 5.73 Å². The fraction of sp³-hybridized carbons (Fsp3) is 0. The smallest absolute Gasteiger partial charge is 0.125 e. The average molecular weight is 218 g/mol. The zero-order valence-corrected chi connectivity index (χ0v) is 8.51. The van der Waals surface area contributed by atoms with E-state index in [-0.39, 0.29) is 5.82 Å². The Kier molecular flexibility index (Phi) is 2.40. The van der Waals surface area contributed by atoms with Crippen LogP contribution in [0.4, 0.5) is 10.1 Å². The van der Waals surface area contributed by atoms with Gasteiger partial charge in [0.15, 0.2) is 0 Å². The molecule has 0 bridgehead atoms. The fourth-order valence-electron chi connectivity index (χ4n) is 1.30. The van der Waals surface area contributed by atoms with E-state index < -0.39 is 0 Å². The van der Waals surface area contributed by atoms with Crippen LogP contribution in [0.2, 0.25) is 0 Å². The van der Waals surface area contributed by atoms with Crippen LogP contribution in [0, 0.1) is 17.1 Å². The van der Waals surface area contributed by atoms with E-state index in [4.69, 9.17) is 11.0 Å². The first kappa shape index (κ1) is 9.69. The highest BCUT2D eigenvalue weighted by Gasteiger charge is 2.06. The molecule has 0 aliphatic carbocycles. The van der Waals surface area contributed by atoms with E-state index in [1.165, 1.54) is 23.5 Å². The number of rotatable bonds is 1. The minimum atomic E-state index is -0.353. The summed E-state index contributed by atoms with van der Waals surface area (Å²) in [5.41, 5.74) is 6.84. The molecule has 0 aliphatic heterocycles. The Balaban J connectivity index is 2.50. The van der Waals surface area contributed by atoms with Gasteiger partial charge in [0.05, 0.1) is 0 Å². The van der Waals surface area contributed by atoms with Crippen LogP contribution in [0.1, 0.15) is 4.88 Å². The van der Waals surface area contributed by atoms with Crippen LogP contribution in [-0.2, 0) is 0 Å². The van der Waals surface area contributed by atoms with Gasteiger partial charge >= 0.3 is 0 Å². The minimum absolute atomic E-state index is 0.353. The number of benzene rings is 1. The van der Waals surface area contributed by atoms with Crippen molar-refractivity contribution in [1.29, 1.82) is 5.26 Å². The fourth-order valence-corrected chi connectivity index (χ4v) is 2.15. The summed E-state index contributed by atoms with van der Waals surface area (Å²) < 4.78 is 12.8. The van der Waals surface area contributed by atoms with Gasteiger partial charge in [-0.1, -0.05) is 0 Å². The van der Waals surface area contributed by atoms with Gasteiger partial charge in [0.25, 0.3) is 0 Å². The maximum atomic E-state index is 12.8. The third-order valence-electron chi connectivity index (χ3n) is 2.00. The van der Waals surface area contributed by atoms with E-state index in [2.05, 4.69) is 6.07 Å². The number of hydrogen-bond donors (Lipinski definition) is 1. The normalized spacial score (nSPS) is 9.87. The zero-order chi connectivity index (χ0) is 10.8. The molecule has 2 rings (SSSR count). The summed E-state index contributed by atoms with van der Waals surface area (Å²) in [5.74, 6) is -0.353. The Morgan fingerprint density at radius 3 is 2.67 bits per heavy atom. The summed E-state index contributed by atoms with van der Waals surface area (Å²) in [7, 11) is 0. The first-order valence-corrected chi connectivity index (χ1v) is 5.07. The molecule has 1 aromatic heterocycles. The molecule has 2 aromatic rings. The lowest BCUT2D eigenvalue weighted by molar-refractivity contribution is 0.628. The number of anilines is 1. The molecule has 0 saturated heterocycles. The lowest BCUT2D eigenvalue weighted by atomic mass is 10.1. The van der Waals surface area contributed by atoms with Gasteiger partial charge in [-0.25, -0.2) is 4.39 Å². The monoisotopic (exact) mass is 218 g/mol. The van der Waals surface area contributed by atoms with Crippen molar-refractivity contribution < 1.29 is 4.39 Å². The van der Waals surface area contributed by atoms with Crippen molar-refractivity contribution in [3.05, 3.63) is 41.0 Å². The van der Waals surface area contributed by atoms with Gasteiger partial charge in [0.1, 0.15) is 16.8 Å². The molecule has 4 heteroatoms. The Morgan fingerprint density at radius 2 is 2.07 bits per heavy atom. The summed E-state index contributed by atoms with van der Waals surface area (Å²) in [4.78, 5) is 1.50. The lowest BCUT2D eigenvalue weighted by Gasteiger charge is -2.01. The van der Waals surface area contributed by atoms with Crippen molar-refractivity contribution in [2.45, 2.75) is 0 Å². The molecule has 74 valence electrons. The predicted molar refractivity (Wildman–Crippen MR) is 58.8 cm³/mol. The van der Waals surface area contributed by atoms with Crippen LogP contribution in [-0.4, -0.2) is 0 Å². The molecule has 1 aromatic carbocycles. The van der Waals surface area contributed by atoms with E-state index in [1.807, 2.05) is 6.07 Å². The molecular weight excluding hydrogens is 211 g/mol. The number of nitrogen functional groups attached to an aromatic ring is 1. The van der Waals surface area contributed by atoms with Gasteiger partial charge in [-0.3, -0.25) is 0 Å². The van der Waals surface area contributed by atoms with Crippen LogP contribution >= 0.6 is 11.3 Å². The second-order valence-electron chi connectivity index (χ2n) is 3.01. The molecule has 2 N–H and O–H groups in total. The Hall–Kier alpha value is -1.86. The molecular formula is C11H7FN2S. The van der Waals surface area contributed by atoms with Gasteiger partial charge in [-0.05, 0) is 30.3 Å². The summed E-state index contributed by atoms with van der Waals surface area (Å²) in [6, 6.07) is 9.85. The van der Waals surface area contributed by atoms with Gasteiger partial charge in [0, 0.05) is 16.1 Å². The molecule has 0 radical (unpaired) electrons. The first-order valence-electron chi connectivity index (χ1n) is 4.26. The van der Waals surface area contributed by atoms with Crippen molar-refractivity contribution in [3.8, 4) is 16.5 Å². The summed E-state index contributed by atoms with van der Waals surface area (Å²) in [6.07, 6.45) is 0. The second kappa shape index (κ2) is 3.71. The summed E-state index contributed by atoms with van der Waals surface area (Å²) >= 11 is 1.34. The zero-order valence-electron chi connectivity index (χ0n) is 7.70. The third-order valence-corrected chi connectivity index (χ3v) is 3.02. The van der Waals surface area contributed by atoms with Crippen LogP contribution in [0.5, 0.6) is 0 Å². The highest BCUT2D eigenvalue weighted by Crippen LogP contribution is 2.32. The minimum Gasteiger partial charge on any atom is -0.398 e. The number of hydrogen-bond acceptors (Lipinski definition) is 3. The highest BCUT2D eigenvalue weighted by atomic mass is 32.1. The van der Waals surface area contributed by atoms with Crippen molar-refractivity contribution in [2.24, 2.45) is 0 Å². The van der Waals surface area contributed by atoms with Gasteiger partial charge in [0.2, 0.25) is 0 Å². The molecule has 0 amide bonds. The Bertz CT molecular complexity index is 540. The van der Waals surface area contributed by atoms with E-state index >= 15 is 0 Å². The number of halogens is 1. The summed E-state index contributed by atoms with van der Waals surface area (Å²) in [6.45, 7) is 0. The SMILES string of the molecule is N#Cc1ccc(-c2ccc(F)cc2N)s1. The lowest BCUT2D eigenvalue weighted by Crippen LogP contribution is -1.89. The highest BCUT2D eigenvalue weighted by molar-refractivity contribution is 7.16. The number of nitrogens with zero attached hydrogens (tertiary/aromatic N) is 1. The van der Waals surface area contributed by atoms with Crippen LogP contribution in [0.3, 0.4) is 0 Å². The second-order valence-corrected chi connectivity index (χ2v) is 4.09. The molecule has 2 nitrogen and oxygen atoms in total. The van der Waals surface area contributed by atoms with Crippen LogP contribution in [0.15, 0.2) is 30.3 Å². The van der Waals surface area contributed by atoms with Crippen LogP contribution in [0.25, 0.3) is 10.4 Å². The maximum absolute atomic E-state index is 12.8. The molecule has 0 aliphatic rings. The third kappa shape index (κ3) is 1.83. The maximum Gasteiger partial charge on any atom is 0.125 e. The largest absolute Gasteiger partial charge is 0.398 e. The topological polar surface area (TPSA) is 49.8 Å². The molecule has 1 heterocycles. The molecule has 15 heavy (non-hydrogen) atoms. The van der Waals surface area contributed by atoms with Gasteiger partial charge in [-0.2, -0.15) is 5.26 Å². The van der Waals surface area contributed by atoms with E-state index in [1.54, 1.807) is 12.1 Å². The molecule has 0 fully saturated rings. The number of nitrogens with two attached hydrogens (primary N) is 1. The van der Waals surface area contributed by atoms with Crippen molar-refractivity contribution in [1.82, 2.24) is 0 Å². The number of thiophene rings is 1. The average Bonchev–Trinajstić information content (AvgIpc) is 2.66. The molecule has 0 unspecified atom stereocenters. The van der Waals surface area contributed by atoms with Crippen molar-refractivity contribution in [3.63, 3.8) is 0 Å². The number of nitriles is 1. The van der Waals surface area contributed by atoms with E-state index in [0.717, 1.165) is 10.4 Å². The van der Waals surface area contributed by atoms with Gasteiger partial charge < -0.3 is 5.73 Å². The van der Waals surface area contributed by atoms with E-state index in [9.17, 15) is 4.39 Å².